The summed E-state index contributed by atoms with van der Waals surface area (Å²) in [7, 11) is 1.74. The second-order valence-corrected chi connectivity index (χ2v) is 5.95. The highest BCUT2D eigenvalue weighted by molar-refractivity contribution is 5.91. The van der Waals surface area contributed by atoms with Gasteiger partial charge in [0.05, 0.1) is 30.2 Å². The van der Waals surface area contributed by atoms with Gasteiger partial charge in [-0.15, -0.1) is 13.2 Å². The summed E-state index contributed by atoms with van der Waals surface area (Å²) in [5.41, 5.74) is -0.674. The SMILES string of the molecule is C=CCn1c(=O)n(CC=C)c(=O)n(CC(=O)Nc2c(C)nn(C)c2C)c1=O. The highest BCUT2D eigenvalue weighted by atomic mass is 16.2. The van der Waals surface area contributed by atoms with Crippen molar-refractivity contribution in [3.63, 3.8) is 0 Å². The molecule has 10 heteroatoms. The van der Waals surface area contributed by atoms with Crippen LogP contribution in [0, 0.1) is 13.8 Å². The van der Waals surface area contributed by atoms with Gasteiger partial charge in [-0.3, -0.25) is 9.48 Å². The molecule has 2 aromatic heterocycles. The number of nitrogens with zero attached hydrogens (tertiary/aromatic N) is 5. The molecule has 27 heavy (non-hydrogen) atoms. The summed E-state index contributed by atoms with van der Waals surface area (Å²) < 4.78 is 4.00. The fourth-order valence-electron chi connectivity index (χ4n) is 2.67. The van der Waals surface area contributed by atoms with Gasteiger partial charge in [0.25, 0.3) is 0 Å². The maximum atomic E-state index is 12.5. The van der Waals surface area contributed by atoms with E-state index >= 15 is 0 Å². The van der Waals surface area contributed by atoms with Crippen molar-refractivity contribution in [1.29, 1.82) is 0 Å². The first kappa shape index (κ1) is 19.9. The van der Waals surface area contributed by atoms with Crippen molar-refractivity contribution in [2.24, 2.45) is 7.05 Å². The van der Waals surface area contributed by atoms with Crippen LogP contribution in [0.3, 0.4) is 0 Å². The van der Waals surface area contributed by atoms with E-state index in [-0.39, 0.29) is 13.1 Å². The van der Waals surface area contributed by atoms with E-state index in [9.17, 15) is 19.2 Å². The lowest BCUT2D eigenvalue weighted by Crippen LogP contribution is -2.55. The van der Waals surface area contributed by atoms with Gasteiger partial charge in [0.15, 0.2) is 0 Å². The standard InChI is InChI=1S/C17H22N6O4/c1-6-8-21-15(25)22(9-7-2)17(27)23(16(21)26)10-13(24)18-14-11(3)19-20(5)12(14)4/h6-7H,1-2,8-10H2,3-5H3,(H,18,24). The predicted octanol–water partition coefficient (Wildman–Crippen LogP) is -0.467. The summed E-state index contributed by atoms with van der Waals surface area (Å²) >= 11 is 0. The second-order valence-electron chi connectivity index (χ2n) is 5.95. The Labute approximate surface area is 154 Å². The maximum Gasteiger partial charge on any atom is 0.337 e. The zero-order chi connectivity index (χ0) is 20.3. The molecule has 1 amide bonds. The number of amides is 1. The Morgan fingerprint density at radius 3 is 1.89 bits per heavy atom. The quantitative estimate of drug-likeness (QED) is 0.659. The number of anilines is 1. The number of carbonyl (C=O) groups excluding carboxylic acids is 1. The van der Waals surface area contributed by atoms with Crippen LogP contribution in [0.2, 0.25) is 0 Å². The number of carbonyl (C=O) groups is 1. The lowest BCUT2D eigenvalue weighted by Gasteiger charge is -2.12. The van der Waals surface area contributed by atoms with Crippen molar-refractivity contribution in [3.05, 3.63) is 68.2 Å². The van der Waals surface area contributed by atoms with Gasteiger partial charge in [0.2, 0.25) is 5.91 Å². The largest absolute Gasteiger partial charge is 0.337 e. The average Bonchev–Trinajstić information content (AvgIpc) is 2.85. The Hall–Kier alpha value is -3.43. The molecule has 0 fully saturated rings. The molecule has 0 spiro atoms. The van der Waals surface area contributed by atoms with Gasteiger partial charge in [0.1, 0.15) is 6.54 Å². The first-order valence-corrected chi connectivity index (χ1v) is 8.19. The summed E-state index contributed by atoms with van der Waals surface area (Å²) in [5.74, 6) is -0.581. The number of nitrogens with one attached hydrogen (secondary N) is 1. The summed E-state index contributed by atoms with van der Waals surface area (Å²) in [6.07, 6.45) is 2.72. The molecular weight excluding hydrogens is 352 g/mol. The van der Waals surface area contributed by atoms with Gasteiger partial charge in [-0.1, -0.05) is 12.2 Å². The molecule has 2 aromatic rings. The first-order valence-electron chi connectivity index (χ1n) is 8.19. The predicted molar refractivity (Wildman–Crippen MR) is 101 cm³/mol. The van der Waals surface area contributed by atoms with Crippen LogP contribution in [0.15, 0.2) is 39.7 Å². The highest BCUT2D eigenvalue weighted by Crippen LogP contribution is 2.17. The molecule has 0 radical (unpaired) electrons. The number of aryl methyl sites for hydroxylation is 2. The molecule has 0 aliphatic rings. The zero-order valence-corrected chi connectivity index (χ0v) is 15.6. The van der Waals surface area contributed by atoms with E-state index in [0.717, 1.165) is 14.8 Å². The zero-order valence-electron chi connectivity index (χ0n) is 15.6. The van der Waals surface area contributed by atoms with Gasteiger partial charge >= 0.3 is 17.1 Å². The third-order valence-corrected chi connectivity index (χ3v) is 4.08. The number of allylic oxidation sites excluding steroid dienone is 2. The molecule has 2 rings (SSSR count). The van der Waals surface area contributed by atoms with Crippen LogP contribution in [0.25, 0.3) is 0 Å². The Morgan fingerprint density at radius 1 is 1.00 bits per heavy atom. The summed E-state index contributed by atoms with van der Waals surface area (Å²) in [6.45, 7) is 9.80. The highest BCUT2D eigenvalue weighted by Gasteiger charge is 2.18. The number of aromatic nitrogens is 5. The minimum Gasteiger partial charge on any atom is -0.321 e. The van der Waals surface area contributed by atoms with Crippen LogP contribution in [0.1, 0.15) is 11.4 Å². The van der Waals surface area contributed by atoms with E-state index < -0.39 is 29.5 Å². The van der Waals surface area contributed by atoms with Crippen LogP contribution < -0.4 is 22.4 Å². The van der Waals surface area contributed by atoms with E-state index in [1.807, 2.05) is 0 Å². The molecule has 144 valence electrons. The molecule has 0 aliphatic carbocycles. The van der Waals surface area contributed by atoms with Crippen molar-refractivity contribution < 1.29 is 4.79 Å². The number of rotatable bonds is 7. The average molecular weight is 374 g/mol. The summed E-state index contributed by atoms with van der Waals surface area (Å²) in [4.78, 5) is 49.8. The number of hydrogen-bond acceptors (Lipinski definition) is 5. The fraction of sp³-hybridized carbons (Fsp3) is 0.353. The van der Waals surface area contributed by atoms with Crippen LogP contribution in [0.4, 0.5) is 5.69 Å². The Morgan fingerprint density at radius 2 is 1.48 bits per heavy atom. The van der Waals surface area contributed by atoms with Crippen LogP contribution in [-0.2, 0) is 31.5 Å². The van der Waals surface area contributed by atoms with Gasteiger partial charge < -0.3 is 5.32 Å². The van der Waals surface area contributed by atoms with E-state index in [4.69, 9.17) is 0 Å². The van der Waals surface area contributed by atoms with Gasteiger partial charge in [-0.25, -0.2) is 28.1 Å². The first-order chi connectivity index (χ1) is 12.7. The lowest BCUT2D eigenvalue weighted by molar-refractivity contribution is -0.116. The van der Waals surface area contributed by atoms with Crippen molar-refractivity contribution in [2.45, 2.75) is 33.5 Å². The Balaban J connectivity index is 2.48. The molecule has 0 atom stereocenters. The molecule has 0 aromatic carbocycles. The smallest absolute Gasteiger partial charge is 0.321 e. The van der Waals surface area contributed by atoms with Crippen molar-refractivity contribution >= 4 is 11.6 Å². The van der Waals surface area contributed by atoms with Crippen molar-refractivity contribution in [1.82, 2.24) is 23.5 Å². The lowest BCUT2D eigenvalue weighted by atomic mass is 10.3. The summed E-state index contributed by atoms with van der Waals surface area (Å²) in [6, 6.07) is 0. The molecule has 0 unspecified atom stereocenters. The molecule has 0 saturated carbocycles. The fourth-order valence-corrected chi connectivity index (χ4v) is 2.67. The molecular formula is C17H22N6O4. The monoisotopic (exact) mass is 374 g/mol. The molecule has 1 N–H and O–H groups in total. The minimum atomic E-state index is -0.875. The van der Waals surface area contributed by atoms with Gasteiger partial charge in [-0.2, -0.15) is 5.10 Å². The van der Waals surface area contributed by atoms with E-state index in [0.29, 0.717) is 15.9 Å². The second kappa shape index (κ2) is 7.85. The molecule has 2 heterocycles. The minimum absolute atomic E-state index is 0.0858. The Bertz CT molecular complexity index is 1030. The number of hydrogen-bond donors (Lipinski definition) is 1. The van der Waals surface area contributed by atoms with Gasteiger partial charge in [-0.05, 0) is 13.8 Å². The molecule has 0 aliphatic heterocycles. The third kappa shape index (κ3) is 3.73. The third-order valence-electron chi connectivity index (χ3n) is 4.08. The topological polar surface area (TPSA) is 113 Å². The van der Waals surface area contributed by atoms with Crippen LogP contribution in [0.5, 0.6) is 0 Å². The normalized spacial score (nSPS) is 10.6. The molecule has 0 saturated heterocycles. The van der Waals surface area contributed by atoms with E-state index in [2.05, 4.69) is 23.6 Å². The maximum absolute atomic E-state index is 12.5. The summed E-state index contributed by atoms with van der Waals surface area (Å²) in [5, 5.41) is 6.86. The van der Waals surface area contributed by atoms with Crippen LogP contribution in [-0.4, -0.2) is 29.4 Å². The van der Waals surface area contributed by atoms with Crippen molar-refractivity contribution in [2.75, 3.05) is 5.32 Å². The van der Waals surface area contributed by atoms with E-state index in [1.165, 1.54) is 12.2 Å². The molecule has 10 nitrogen and oxygen atoms in total. The van der Waals surface area contributed by atoms with E-state index in [1.54, 1.807) is 25.6 Å². The molecule has 0 bridgehead atoms. The van der Waals surface area contributed by atoms with Crippen molar-refractivity contribution in [3.8, 4) is 0 Å². The van der Waals surface area contributed by atoms with Gasteiger partial charge in [0, 0.05) is 7.05 Å². The van der Waals surface area contributed by atoms with Crippen LogP contribution >= 0.6 is 0 Å². The Kier molecular flexibility index (Phi) is 5.78.